The monoisotopic (exact) mass is 1400 g/mol. The van der Waals surface area contributed by atoms with Crippen LogP contribution in [0.1, 0.15) is 44.5 Å². The van der Waals surface area contributed by atoms with Crippen molar-refractivity contribution in [2.24, 2.45) is 0 Å². The van der Waals surface area contributed by atoms with Crippen molar-refractivity contribution >= 4 is 10.8 Å². The highest BCUT2D eigenvalue weighted by molar-refractivity contribution is 5.93. The van der Waals surface area contributed by atoms with E-state index < -0.39 is 10.8 Å². The number of benzene rings is 16. The maximum absolute atomic E-state index is 6.93. The molecule has 0 N–H and O–H groups in total. The van der Waals surface area contributed by atoms with Crippen LogP contribution in [0.4, 0.5) is 0 Å². The minimum absolute atomic E-state index is 0.516. The van der Waals surface area contributed by atoms with Crippen molar-refractivity contribution in [1.29, 1.82) is 0 Å². The second kappa shape index (κ2) is 25.1. The number of para-hydroxylation sites is 2. The van der Waals surface area contributed by atoms with E-state index in [0.717, 1.165) is 151 Å². The van der Waals surface area contributed by atoms with Crippen molar-refractivity contribution in [2.75, 3.05) is 0 Å². The minimum Gasteiger partial charge on any atom is -0.457 e. The molecule has 0 radical (unpaired) electrons. The largest absolute Gasteiger partial charge is 0.457 e. The van der Waals surface area contributed by atoms with Gasteiger partial charge in [0.2, 0.25) is 0 Å². The molecule has 0 saturated heterocycles. The summed E-state index contributed by atoms with van der Waals surface area (Å²) in [6, 6.07) is 139. The molecule has 110 heavy (non-hydrogen) atoms. The molecule has 2 aliphatic heterocycles. The maximum atomic E-state index is 6.93. The zero-order valence-electron chi connectivity index (χ0n) is 59.6. The van der Waals surface area contributed by atoms with Gasteiger partial charge < -0.3 is 9.47 Å². The van der Waals surface area contributed by atoms with Crippen LogP contribution in [0.15, 0.2) is 388 Å². The molecule has 16 aromatic carbocycles. The van der Waals surface area contributed by atoms with Gasteiger partial charge in [-0.1, -0.05) is 340 Å². The number of nitrogens with zero attached hydrogens (tertiary/aromatic N) is 4. The van der Waals surface area contributed by atoms with Crippen LogP contribution >= 0.6 is 0 Å². The lowest BCUT2D eigenvalue weighted by molar-refractivity contribution is 0.436. The Morgan fingerprint density at radius 2 is 0.491 bits per heavy atom. The summed E-state index contributed by atoms with van der Waals surface area (Å²) in [6.07, 6.45) is 0. The summed E-state index contributed by atoms with van der Waals surface area (Å²) >= 11 is 0. The summed E-state index contributed by atoms with van der Waals surface area (Å²) in [5, 5.41) is 2.32. The molecule has 2 spiro atoms. The molecule has 4 heterocycles. The molecule has 0 bridgehead atoms. The maximum Gasteiger partial charge on any atom is 0.161 e. The van der Waals surface area contributed by atoms with E-state index in [2.05, 4.69) is 370 Å². The van der Waals surface area contributed by atoms with Crippen molar-refractivity contribution in [1.82, 2.24) is 19.9 Å². The van der Waals surface area contributed by atoms with E-state index in [9.17, 15) is 0 Å². The fraction of sp³-hybridized carbons (Fsp3) is 0.0192. The van der Waals surface area contributed by atoms with Crippen molar-refractivity contribution < 1.29 is 9.47 Å². The molecule has 2 aliphatic carbocycles. The van der Waals surface area contributed by atoms with E-state index in [1.54, 1.807) is 0 Å². The first-order valence-electron chi connectivity index (χ1n) is 37.5. The Morgan fingerprint density at radius 3 is 0.973 bits per heavy atom. The van der Waals surface area contributed by atoms with Gasteiger partial charge in [-0.15, -0.1) is 0 Å². The highest BCUT2D eigenvalue weighted by Crippen LogP contribution is 2.64. The first kappa shape index (κ1) is 62.9. The van der Waals surface area contributed by atoms with Gasteiger partial charge in [0, 0.05) is 55.6 Å². The van der Waals surface area contributed by atoms with E-state index in [1.165, 1.54) is 49.9 Å². The molecule has 0 fully saturated rings. The van der Waals surface area contributed by atoms with E-state index in [0.29, 0.717) is 11.6 Å². The van der Waals surface area contributed by atoms with Gasteiger partial charge in [-0.05, 0) is 148 Å². The standard InChI is InChI=1S/C104H64N4O2/c1-2-22-72(23-3-1)101-105-93(63-94(106-101)70-50-43-67(44-51-70)75-55-57-91-99(61-75)109-97-39-18-16-37-89(97)103(91)85-33-12-8-28-80(85)81-29-9-13-34-86(81)103)69-48-41-66(42-49-69)74-25-20-26-77(59-74)79-27-6-7-32-84(79)102-107-95(64-96(108-102)78-54-47-65-21-4-5-24-73(65)60-78)71-52-45-68(46-53-71)76-56-58-92-100(62-76)110-98-40-19-17-38-90(98)104(92)87-35-14-10-30-82(87)83-31-11-15-36-88(83)104/h1-64H. The second-order valence-corrected chi connectivity index (χ2v) is 29.0. The topological polar surface area (TPSA) is 70.0 Å². The van der Waals surface area contributed by atoms with Gasteiger partial charge in [0.25, 0.3) is 0 Å². The van der Waals surface area contributed by atoms with Crippen LogP contribution in [0.5, 0.6) is 23.0 Å². The van der Waals surface area contributed by atoms with Gasteiger partial charge in [0.05, 0.1) is 33.6 Å². The predicted octanol–water partition coefficient (Wildman–Crippen LogP) is 26.0. The SMILES string of the molecule is c1ccc(-c2nc(-c3ccc(-c4cccc(-c5ccccc5-c5nc(-c6ccc(-c7ccc8c(c7)Oc7ccccc7C87c8ccccc8-c8ccccc87)cc6)cc(-c6ccc7ccccc7c6)n5)c4)cc3)cc(-c3ccc(-c4ccc5c(c4)Oc4ccccc4C54c5ccccc5-c5ccccc54)cc3)n2)cc1. The van der Waals surface area contributed by atoms with Crippen molar-refractivity contribution in [3.05, 3.63) is 433 Å². The Kier molecular flexibility index (Phi) is 14.3. The number of fused-ring (bicyclic) bond motifs is 19. The quantitative estimate of drug-likeness (QED) is 0.136. The summed E-state index contributed by atoms with van der Waals surface area (Å²) in [7, 11) is 0. The van der Waals surface area contributed by atoms with Gasteiger partial charge >= 0.3 is 0 Å². The molecule has 22 rings (SSSR count). The summed E-state index contributed by atoms with van der Waals surface area (Å²) in [4.78, 5) is 21.4. The predicted molar refractivity (Wildman–Crippen MR) is 444 cm³/mol. The van der Waals surface area contributed by atoms with Gasteiger partial charge in [-0.25, -0.2) is 19.9 Å². The van der Waals surface area contributed by atoms with Crippen molar-refractivity contribution in [3.8, 4) is 158 Å². The zero-order valence-corrected chi connectivity index (χ0v) is 59.6. The number of hydrogen-bond donors (Lipinski definition) is 0. The molecule has 18 aromatic rings. The molecule has 6 heteroatoms. The second-order valence-electron chi connectivity index (χ2n) is 29.0. The Labute approximate surface area is 637 Å². The fourth-order valence-electron chi connectivity index (χ4n) is 18.0. The van der Waals surface area contributed by atoms with Crippen LogP contribution in [0, 0.1) is 0 Å². The Morgan fingerprint density at radius 1 is 0.164 bits per heavy atom. The molecule has 0 amide bonds. The highest BCUT2D eigenvalue weighted by Gasteiger charge is 2.52. The summed E-state index contributed by atoms with van der Waals surface area (Å²) in [5.41, 5.74) is 31.4. The van der Waals surface area contributed by atoms with Gasteiger partial charge in [0.15, 0.2) is 11.6 Å². The molecule has 0 unspecified atom stereocenters. The third kappa shape index (κ3) is 9.89. The Bertz CT molecular complexity index is 6690. The summed E-state index contributed by atoms with van der Waals surface area (Å²) < 4.78 is 13.8. The lowest BCUT2D eigenvalue weighted by Crippen LogP contribution is -2.32. The average Bonchev–Trinajstić information content (AvgIpc) is 1.46. The van der Waals surface area contributed by atoms with E-state index >= 15 is 0 Å². The number of aromatic nitrogens is 4. The minimum atomic E-state index is -0.525. The van der Waals surface area contributed by atoms with E-state index in [4.69, 9.17) is 29.4 Å². The van der Waals surface area contributed by atoms with Crippen LogP contribution in [-0.4, -0.2) is 19.9 Å². The first-order valence-corrected chi connectivity index (χ1v) is 37.5. The van der Waals surface area contributed by atoms with Gasteiger partial charge in [-0.3, -0.25) is 0 Å². The Balaban J connectivity index is 0.573. The molecular formula is C104H64N4O2. The van der Waals surface area contributed by atoms with Crippen molar-refractivity contribution in [2.45, 2.75) is 10.8 Å². The zero-order chi connectivity index (χ0) is 72.4. The van der Waals surface area contributed by atoms with Crippen LogP contribution < -0.4 is 9.47 Å². The molecule has 6 nitrogen and oxygen atoms in total. The molecule has 4 aliphatic rings. The normalized spacial score (nSPS) is 13.2. The number of hydrogen-bond acceptors (Lipinski definition) is 6. The number of rotatable bonds is 10. The van der Waals surface area contributed by atoms with E-state index in [1.807, 2.05) is 18.2 Å². The first-order chi connectivity index (χ1) is 54.5. The van der Waals surface area contributed by atoms with Crippen LogP contribution in [0.3, 0.4) is 0 Å². The van der Waals surface area contributed by atoms with Gasteiger partial charge in [0.1, 0.15) is 23.0 Å². The smallest absolute Gasteiger partial charge is 0.161 e. The molecular weight excluding hydrogens is 1340 g/mol. The molecule has 0 saturated carbocycles. The molecule has 0 atom stereocenters. The summed E-state index contributed by atoms with van der Waals surface area (Å²) in [5.74, 6) is 4.75. The number of ether oxygens (including phenoxy) is 2. The fourth-order valence-corrected chi connectivity index (χ4v) is 18.0. The van der Waals surface area contributed by atoms with Gasteiger partial charge in [-0.2, -0.15) is 0 Å². The van der Waals surface area contributed by atoms with Crippen LogP contribution in [-0.2, 0) is 10.8 Å². The summed E-state index contributed by atoms with van der Waals surface area (Å²) in [6.45, 7) is 0. The van der Waals surface area contributed by atoms with Crippen molar-refractivity contribution in [3.63, 3.8) is 0 Å². The average molecular weight is 1400 g/mol. The van der Waals surface area contributed by atoms with E-state index in [-0.39, 0.29) is 0 Å². The van der Waals surface area contributed by atoms with Crippen LogP contribution in [0.2, 0.25) is 0 Å². The lowest BCUT2D eigenvalue weighted by Gasteiger charge is -2.39. The molecule has 512 valence electrons. The third-order valence-corrected chi connectivity index (χ3v) is 23.1. The molecule has 2 aromatic heterocycles. The van der Waals surface area contributed by atoms with Crippen LogP contribution in [0.25, 0.3) is 145 Å². The Hall–Kier alpha value is -14.5. The lowest BCUT2D eigenvalue weighted by atomic mass is 9.66. The third-order valence-electron chi connectivity index (χ3n) is 23.1. The highest BCUT2D eigenvalue weighted by atomic mass is 16.5.